The molecule has 1 rings (SSSR count). The van der Waals surface area contributed by atoms with E-state index in [4.69, 9.17) is 4.52 Å². The first-order chi connectivity index (χ1) is 6.11. The van der Waals surface area contributed by atoms with Crippen LogP contribution in [-0.2, 0) is 6.54 Å². The van der Waals surface area contributed by atoms with E-state index in [9.17, 15) is 0 Å². The summed E-state index contributed by atoms with van der Waals surface area (Å²) in [5, 5.41) is 7.27. The fraction of sp³-hybridized carbons (Fsp3) is 0.700. The summed E-state index contributed by atoms with van der Waals surface area (Å²) >= 11 is 0. The van der Waals surface area contributed by atoms with E-state index in [0.29, 0.717) is 5.92 Å². The molecule has 0 aromatic carbocycles. The van der Waals surface area contributed by atoms with Gasteiger partial charge in [0, 0.05) is 12.1 Å². The van der Waals surface area contributed by atoms with Gasteiger partial charge in [0.1, 0.15) is 5.76 Å². The Morgan fingerprint density at radius 3 is 2.54 bits per heavy atom. The van der Waals surface area contributed by atoms with Gasteiger partial charge in [0.25, 0.3) is 0 Å². The minimum Gasteiger partial charge on any atom is -0.361 e. The van der Waals surface area contributed by atoms with E-state index in [0.717, 1.165) is 24.5 Å². The first kappa shape index (κ1) is 10.3. The molecule has 0 aliphatic carbocycles. The lowest BCUT2D eigenvalue weighted by atomic mass is 10.2. The van der Waals surface area contributed by atoms with Crippen LogP contribution < -0.4 is 5.32 Å². The molecule has 1 heterocycles. The Balaban J connectivity index is 2.44. The molecule has 0 radical (unpaired) electrons. The molecule has 0 saturated carbocycles. The van der Waals surface area contributed by atoms with Gasteiger partial charge in [-0.2, -0.15) is 0 Å². The van der Waals surface area contributed by atoms with Crippen LogP contribution in [0.5, 0.6) is 0 Å². The normalized spacial score (nSPS) is 11.2. The van der Waals surface area contributed by atoms with Crippen molar-refractivity contribution in [1.29, 1.82) is 0 Å². The van der Waals surface area contributed by atoms with Gasteiger partial charge in [0.05, 0.1) is 5.69 Å². The van der Waals surface area contributed by atoms with E-state index < -0.39 is 0 Å². The molecule has 1 aromatic rings. The fourth-order valence-corrected chi connectivity index (χ4v) is 1.24. The monoisotopic (exact) mass is 182 g/mol. The molecule has 0 fully saturated rings. The highest BCUT2D eigenvalue weighted by Gasteiger charge is 2.07. The lowest BCUT2D eigenvalue weighted by Gasteiger charge is -2.06. The SMILES string of the molecule is Cc1noc(C)c1CNCC(C)C. The highest BCUT2D eigenvalue weighted by atomic mass is 16.5. The van der Waals surface area contributed by atoms with Crippen molar-refractivity contribution < 1.29 is 4.52 Å². The van der Waals surface area contributed by atoms with Gasteiger partial charge in [-0.1, -0.05) is 19.0 Å². The molecule has 1 aromatic heterocycles. The molecule has 0 bridgehead atoms. The number of hydrogen-bond acceptors (Lipinski definition) is 3. The molecule has 3 heteroatoms. The van der Waals surface area contributed by atoms with Crippen molar-refractivity contribution >= 4 is 0 Å². The van der Waals surface area contributed by atoms with Gasteiger partial charge in [-0.05, 0) is 26.3 Å². The summed E-state index contributed by atoms with van der Waals surface area (Å²) in [6.07, 6.45) is 0. The van der Waals surface area contributed by atoms with Crippen molar-refractivity contribution in [3.05, 3.63) is 17.0 Å². The number of hydrogen-bond donors (Lipinski definition) is 1. The number of nitrogens with one attached hydrogen (secondary N) is 1. The Hall–Kier alpha value is -0.830. The second kappa shape index (κ2) is 4.42. The van der Waals surface area contributed by atoms with Crippen molar-refractivity contribution in [2.24, 2.45) is 5.92 Å². The molecule has 0 atom stereocenters. The Labute approximate surface area is 79.5 Å². The number of aryl methyl sites for hydroxylation is 2. The van der Waals surface area contributed by atoms with E-state index in [1.165, 1.54) is 5.56 Å². The van der Waals surface area contributed by atoms with Gasteiger partial charge in [-0.15, -0.1) is 0 Å². The van der Waals surface area contributed by atoms with Gasteiger partial charge in [0.15, 0.2) is 0 Å². The van der Waals surface area contributed by atoms with E-state index >= 15 is 0 Å². The first-order valence-corrected chi connectivity index (χ1v) is 4.73. The van der Waals surface area contributed by atoms with Crippen LogP contribution in [0.2, 0.25) is 0 Å². The Kier molecular flexibility index (Phi) is 3.48. The quantitative estimate of drug-likeness (QED) is 0.774. The van der Waals surface area contributed by atoms with Gasteiger partial charge in [-0.25, -0.2) is 0 Å². The summed E-state index contributed by atoms with van der Waals surface area (Å²) in [6, 6.07) is 0. The molecule has 0 aliphatic rings. The van der Waals surface area contributed by atoms with Gasteiger partial charge < -0.3 is 9.84 Å². The summed E-state index contributed by atoms with van der Waals surface area (Å²) in [7, 11) is 0. The molecule has 0 aliphatic heterocycles. The van der Waals surface area contributed by atoms with Crippen molar-refractivity contribution in [2.45, 2.75) is 34.2 Å². The molecule has 1 N–H and O–H groups in total. The topological polar surface area (TPSA) is 38.1 Å². The van der Waals surface area contributed by atoms with E-state index in [1.54, 1.807) is 0 Å². The third-order valence-electron chi connectivity index (χ3n) is 2.04. The zero-order valence-corrected chi connectivity index (χ0v) is 8.85. The molecule has 74 valence electrons. The van der Waals surface area contributed by atoms with E-state index in [1.807, 2.05) is 13.8 Å². The summed E-state index contributed by atoms with van der Waals surface area (Å²) in [6.45, 7) is 10.2. The number of rotatable bonds is 4. The Morgan fingerprint density at radius 1 is 1.38 bits per heavy atom. The average molecular weight is 182 g/mol. The maximum Gasteiger partial charge on any atom is 0.138 e. The minimum absolute atomic E-state index is 0.681. The average Bonchev–Trinajstić information content (AvgIpc) is 2.34. The van der Waals surface area contributed by atoms with Crippen LogP contribution in [-0.4, -0.2) is 11.7 Å². The Morgan fingerprint density at radius 2 is 2.08 bits per heavy atom. The van der Waals surface area contributed by atoms with Gasteiger partial charge in [0.2, 0.25) is 0 Å². The molecule has 0 amide bonds. The first-order valence-electron chi connectivity index (χ1n) is 4.73. The predicted octanol–water partition coefficient (Wildman–Crippen LogP) is 2.04. The van der Waals surface area contributed by atoms with E-state index in [2.05, 4.69) is 24.3 Å². The second-order valence-electron chi connectivity index (χ2n) is 3.83. The molecular weight excluding hydrogens is 164 g/mol. The van der Waals surface area contributed by atoms with Crippen LogP contribution in [0.1, 0.15) is 30.9 Å². The summed E-state index contributed by atoms with van der Waals surface area (Å²) < 4.78 is 5.06. The van der Waals surface area contributed by atoms with Crippen molar-refractivity contribution in [1.82, 2.24) is 10.5 Å². The molecule has 3 nitrogen and oxygen atoms in total. The van der Waals surface area contributed by atoms with Crippen molar-refractivity contribution in [3.63, 3.8) is 0 Å². The van der Waals surface area contributed by atoms with Crippen LogP contribution in [0.15, 0.2) is 4.52 Å². The number of aromatic nitrogens is 1. The van der Waals surface area contributed by atoms with Gasteiger partial charge in [-0.3, -0.25) is 0 Å². The smallest absolute Gasteiger partial charge is 0.138 e. The maximum absolute atomic E-state index is 5.06. The van der Waals surface area contributed by atoms with E-state index in [-0.39, 0.29) is 0 Å². The van der Waals surface area contributed by atoms with Crippen molar-refractivity contribution in [2.75, 3.05) is 6.54 Å². The number of nitrogens with zero attached hydrogens (tertiary/aromatic N) is 1. The fourth-order valence-electron chi connectivity index (χ4n) is 1.24. The lowest BCUT2D eigenvalue weighted by Crippen LogP contribution is -2.19. The zero-order valence-electron chi connectivity index (χ0n) is 8.85. The van der Waals surface area contributed by atoms with Crippen LogP contribution in [0.4, 0.5) is 0 Å². The zero-order chi connectivity index (χ0) is 9.84. The predicted molar refractivity (Wildman–Crippen MR) is 52.5 cm³/mol. The van der Waals surface area contributed by atoms with Crippen LogP contribution in [0.3, 0.4) is 0 Å². The molecule has 13 heavy (non-hydrogen) atoms. The maximum atomic E-state index is 5.06. The molecule has 0 saturated heterocycles. The van der Waals surface area contributed by atoms with Crippen LogP contribution in [0, 0.1) is 19.8 Å². The summed E-state index contributed by atoms with van der Waals surface area (Å²) in [5.41, 5.74) is 2.19. The summed E-state index contributed by atoms with van der Waals surface area (Å²) in [4.78, 5) is 0. The van der Waals surface area contributed by atoms with Crippen LogP contribution in [0.25, 0.3) is 0 Å². The molecule has 0 unspecified atom stereocenters. The standard InChI is InChI=1S/C10H18N2O/c1-7(2)5-11-6-10-8(3)12-13-9(10)4/h7,11H,5-6H2,1-4H3. The summed E-state index contributed by atoms with van der Waals surface area (Å²) in [5.74, 6) is 1.61. The molecule has 0 spiro atoms. The third kappa shape index (κ3) is 2.84. The van der Waals surface area contributed by atoms with Gasteiger partial charge >= 0.3 is 0 Å². The highest BCUT2D eigenvalue weighted by Crippen LogP contribution is 2.11. The minimum atomic E-state index is 0.681. The highest BCUT2D eigenvalue weighted by molar-refractivity contribution is 5.20. The third-order valence-corrected chi connectivity index (χ3v) is 2.04. The van der Waals surface area contributed by atoms with Crippen LogP contribution >= 0.6 is 0 Å². The Bertz CT molecular complexity index is 246. The largest absolute Gasteiger partial charge is 0.361 e. The second-order valence-corrected chi connectivity index (χ2v) is 3.83. The van der Waals surface area contributed by atoms with Crippen molar-refractivity contribution in [3.8, 4) is 0 Å². The lowest BCUT2D eigenvalue weighted by molar-refractivity contribution is 0.391. The molecular formula is C10H18N2O.